The van der Waals surface area contributed by atoms with Crippen molar-refractivity contribution in [3.63, 3.8) is 0 Å². The summed E-state index contributed by atoms with van der Waals surface area (Å²) < 4.78 is 16.6. The van der Waals surface area contributed by atoms with E-state index in [-0.39, 0.29) is 23.6 Å². The Kier molecular flexibility index (Phi) is 16.1. The van der Waals surface area contributed by atoms with Gasteiger partial charge in [-0.1, -0.05) is 31.4 Å². The second kappa shape index (κ2) is 19.2. The number of imide groups is 1. The highest BCUT2D eigenvalue weighted by molar-refractivity contribution is 6.17. The summed E-state index contributed by atoms with van der Waals surface area (Å²) in [5, 5.41) is 5.26. The van der Waals surface area contributed by atoms with E-state index in [2.05, 4.69) is 10.6 Å². The van der Waals surface area contributed by atoms with Crippen molar-refractivity contribution >= 4 is 35.0 Å². The molecule has 1 aliphatic heterocycles. The van der Waals surface area contributed by atoms with Crippen molar-refractivity contribution in [2.45, 2.75) is 70.1 Å². The van der Waals surface area contributed by atoms with Gasteiger partial charge < -0.3 is 19.5 Å². The van der Waals surface area contributed by atoms with Crippen LogP contribution in [0.4, 0.5) is 5.69 Å². The molecule has 1 heterocycles. The zero-order chi connectivity index (χ0) is 25.8. The zero-order valence-corrected chi connectivity index (χ0v) is 22.0. The van der Waals surface area contributed by atoms with Gasteiger partial charge in [0.25, 0.3) is 0 Å². The van der Waals surface area contributed by atoms with Gasteiger partial charge in [-0.15, -0.1) is 11.6 Å². The molecule has 0 radical (unpaired) electrons. The number of unbranched alkanes of at least 4 members (excludes halogenated alkanes) is 5. The minimum Gasteiger partial charge on any atom is -0.379 e. The monoisotopic (exact) mass is 524 g/mol. The van der Waals surface area contributed by atoms with Gasteiger partial charge in [0.1, 0.15) is 0 Å². The van der Waals surface area contributed by atoms with Gasteiger partial charge in [0, 0.05) is 37.6 Å². The summed E-state index contributed by atoms with van der Waals surface area (Å²) in [5.74, 6) is -0.0957. The third-order valence-corrected chi connectivity index (χ3v) is 6.21. The van der Waals surface area contributed by atoms with Crippen molar-refractivity contribution in [3.8, 4) is 0 Å². The first kappa shape index (κ1) is 30.2. The van der Waals surface area contributed by atoms with Crippen LogP contribution in [0.5, 0.6) is 0 Å². The van der Waals surface area contributed by atoms with E-state index >= 15 is 0 Å². The lowest BCUT2D eigenvalue weighted by Crippen LogP contribution is -2.39. The Morgan fingerprint density at radius 2 is 1.42 bits per heavy atom. The highest BCUT2D eigenvalue weighted by Gasteiger charge is 2.27. The summed E-state index contributed by atoms with van der Waals surface area (Å²) in [5.41, 5.74) is 1.55. The van der Waals surface area contributed by atoms with Crippen LogP contribution in [-0.4, -0.2) is 63.2 Å². The Morgan fingerprint density at radius 3 is 2.03 bits per heavy atom. The van der Waals surface area contributed by atoms with Gasteiger partial charge in [-0.2, -0.15) is 0 Å². The van der Waals surface area contributed by atoms with Gasteiger partial charge >= 0.3 is 0 Å². The smallest absolute Gasteiger partial charge is 0.234 e. The zero-order valence-electron chi connectivity index (χ0n) is 21.2. The first-order chi connectivity index (χ1) is 17.6. The number of piperidine rings is 1. The second-order valence-electron chi connectivity index (χ2n) is 8.92. The molecule has 8 nitrogen and oxygen atoms in total. The van der Waals surface area contributed by atoms with Crippen LogP contribution in [0.15, 0.2) is 24.3 Å². The molecule has 2 N–H and O–H groups in total. The van der Waals surface area contributed by atoms with Gasteiger partial charge in [-0.3, -0.25) is 19.7 Å². The molecule has 36 heavy (non-hydrogen) atoms. The summed E-state index contributed by atoms with van der Waals surface area (Å²) >= 11 is 5.64. The molecule has 2 rings (SSSR count). The third-order valence-electron chi connectivity index (χ3n) is 5.94. The Hall–Kier alpha value is -2.00. The number of halogens is 1. The topological polar surface area (TPSA) is 103 Å². The van der Waals surface area contributed by atoms with Gasteiger partial charge in [-0.25, -0.2) is 0 Å². The van der Waals surface area contributed by atoms with Gasteiger partial charge in [0.05, 0.1) is 32.3 Å². The lowest BCUT2D eigenvalue weighted by molar-refractivity contribution is -0.134. The van der Waals surface area contributed by atoms with Crippen LogP contribution in [0, 0.1) is 0 Å². The number of benzene rings is 1. The summed E-state index contributed by atoms with van der Waals surface area (Å²) in [4.78, 5) is 35.4. The van der Waals surface area contributed by atoms with Gasteiger partial charge in [0.2, 0.25) is 17.7 Å². The molecule has 0 aliphatic carbocycles. The Balaban J connectivity index is 1.40. The Morgan fingerprint density at radius 1 is 0.833 bits per heavy atom. The largest absolute Gasteiger partial charge is 0.379 e. The summed E-state index contributed by atoms with van der Waals surface area (Å²) in [6, 6.07) is 7.25. The number of alkyl halides is 1. The van der Waals surface area contributed by atoms with Crippen molar-refractivity contribution in [1.82, 2.24) is 5.32 Å². The van der Waals surface area contributed by atoms with E-state index in [0.29, 0.717) is 58.0 Å². The predicted octanol–water partition coefficient (Wildman–Crippen LogP) is 4.55. The summed E-state index contributed by atoms with van der Waals surface area (Å²) in [7, 11) is 0. The Labute approximate surface area is 219 Å². The van der Waals surface area contributed by atoms with Crippen molar-refractivity contribution in [2.24, 2.45) is 0 Å². The van der Waals surface area contributed by atoms with Crippen LogP contribution < -0.4 is 10.6 Å². The van der Waals surface area contributed by atoms with Crippen molar-refractivity contribution < 1.29 is 28.6 Å². The molecule has 1 unspecified atom stereocenters. The fourth-order valence-corrected chi connectivity index (χ4v) is 4.08. The molecular weight excluding hydrogens is 484 g/mol. The number of amides is 3. The molecular formula is C27H41ClN2O6. The lowest BCUT2D eigenvalue weighted by atomic mass is 9.90. The molecule has 0 saturated carbocycles. The molecule has 0 spiro atoms. The molecule has 1 saturated heterocycles. The minimum atomic E-state index is -0.318. The maximum atomic E-state index is 12.2. The normalized spacial score (nSPS) is 15.6. The molecule has 1 aliphatic rings. The van der Waals surface area contributed by atoms with E-state index in [1.165, 1.54) is 0 Å². The molecule has 0 aromatic heterocycles. The summed E-state index contributed by atoms with van der Waals surface area (Å²) in [6.45, 7) is 3.75. The van der Waals surface area contributed by atoms with E-state index in [4.69, 9.17) is 25.8 Å². The molecule has 9 heteroatoms. The molecule has 1 fully saturated rings. The van der Waals surface area contributed by atoms with Crippen LogP contribution in [0.3, 0.4) is 0 Å². The molecule has 1 atom stereocenters. The number of carbonyl (C=O) groups excluding carboxylic acids is 3. The highest BCUT2D eigenvalue weighted by Crippen LogP contribution is 2.25. The van der Waals surface area contributed by atoms with E-state index < -0.39 is 0 Å². The van der Waals surface area contributed by atoms with Crippen molar-refractivity contribution in [2.75, 3.05) is 50.8 Å². The lowest BCUT2D eigenvalue weighted by Gasteiger charge is -2.21. The summed E-state index contributed by atoms with van der Waals surface area (Å²) in [6.07, 6.45) is 8.40. The maximum Gasteiger partial charge on any atom is 0.234 e. The fourth-order valence-electron chi connectivity index (χ4n) is 3.89. The van der Waals surface area contributed by atoms with Gasteiger partial charge in [0.15, 0.2) is 0 Å². The quantitative estimate of drug-likeness (QED) is 0.147. The number of hydrogen-bond acceptors (Lipinski definition) is 6. The van der Waals surface area contributed by atoms with Gasteiger partial charge in [-0.05, 0) is 49.8 Å². The van der Waals surface area contributed by atoms with E-state index in [1.54, 1.807) is 12.1 Å². The van der Waals surface area contributed by atoms with Crippen LogP contribution in [-0.2, 0) is 28.6 Å². The first-order valence-corrected chi connectivity index (χ1v) is 13.7. The second-order valence-corrected chi connectivity index (χ2v) is 9.30. The number of carbonyl (C=O) groups is 3. The van der Waals surface area contributed by atoms with Crippen molar-refractivity contribution in [3.05, 3.63) is 29.8 Å². The fraction of sp³-hybridized carbons (Fsp3) is 0.667. The SMILES string of the molecule is O=C1CCC(c2ccc(NC(=O)CCCCCOCCOCCOCCCCCCCl)cc2)C(=O)N1. The molecule has 0 bridgehead atoms. The number of anilines is 1. The minimum absolute atomic E-state index is 0.0319. The Bertz CT molecular complexity index is 774. The standard InChI is InChI=1S/C27H41ClN2O6/c28-15-5-1-2-6-16-34-18-20-36-21-19-35-17-7-3-4-8-25(31)29-23-11-9-22(10-12-23)24-13-14-26(32)30-27(24)33/h9-12,24H,1-8,13-21H2,(H,29,31)(H,30,32,33). The number of nitrogens with one attached hydrogen (secondary N) is 2. The van der Waals surface area contributed by atoms with Crippen molar-refractivity contribution in [1.29, 1.82) is 0 Å². The maximum absolute atomic E-state index is 12.2. The van der Waals surface area contributed by atoms with Crippen LogP contribution >= 0.6 is 11.6 Å². The number of hydrogen-bond donors (Lipinski definition) is 2. The van der Waals surface area contributed by atoms with Crippen LogP contribution in [0.25, 0.3) is 0 Å². The number of rotatable bonds is 20. The van der Waals surface area contributed by atoms with E-state index in [9.17, 15) is 14.4 Å². The van der Waals surface area contributed by atoms with Crippen LogP contribution in [0.1, 0.15) is 75.7 Å². The molecule has 3 amide bonds. The molecule has 202 valence electrons. The highest BCUT2D eigenvalue weighted by atomic mass is 35.5. The molecule has 1 aromatic carbocycles. The number of ether oxygens (including phenoxy) is 3. The van der Waals surface area contributed by atoms with E-state index in [1.807, 2.05) is 12.1 Å². The van der Waals surface area contributed by atoms with E-state index in [0.717, 1.165) is 63.0 Å². The average Bonchev–Trinajstić information content (AvgIpc) is 2.86. The van der Waals surface area contributed by atoms with Crippen LogP contribution in [0.2, 0.25) is 0 Å². The predicted molar refractivity (Wildman–Crippen MR) is 140 cm³/mol. The third kappa shape index (κ3) is 13.3. The molecule has 1 aromatic rings. The average molecular weight is 525 g/mol. The first-order valence-electron chi connectivity index (χ1n) is 13.1.